The summed E-state index contributed by atoms with van der Waals surface area (Å²) in [7, 11) is -3.73. The van der Waals surface area contributed by atoms with Crippen LogP contribution in [-0.2, 0) is 10.0 Å². The summed E-state index contributed by atoms with van der Waals surface area (Å²) in [5.41, 5.74) is 0. The van der Waals surface area contributed by atoms with Gasteiger partial charge in [0.2, 0.25) is 15.9 Å². The molecule has 1 aliphatic carbocycles. The molecule has 1 aliphatic rings. The number of halogens is 3. The van der Waals surface area contributed by atoms with Crippen LogP contribution in [0.15, 0.2) is 41.4 Å². The molecule has 1 N–H and O–H groups in total. The van der Waals surface area contributed by atoms with Crippen molar-refractivity contribution in [1.29, 1.82) is 0 Å². The third-order valence-corrected chi connectivity index (χ3v) is 6.63. The summed E-state index contributed by atoms with van der Waals surface area (Å²) in [6.45, 7) is 0. The number of nitrogens with one attached hydrogen (secondary N) is 1. The molecule has 1 aromatic heterocycles. The van der Waals surface area contributed by atoms with E-state index in [1.54, 1.807) is 18.2 Å². The summed E-state index contributed by atoms with van der Waals surface area (Å²) in [6, 6.07) is 7.65. The van der Waals surface area contributed by atoms with E-state index in [0.717, 1.165) is 12.8 Å². The molecule has 26 heavy (non-hydrogen) atoms. The van der Waals surface area contributed by atoms with E-state index in [1.165, 1.54) is 18.3 Å². The SMILES string of the molecule is O=S(=O)(NC1CCC(Oc2ccc(Cl)cn2)CC1)c1cc(Cl)ccc1Cl. The quantitative estimate of drug-likeness (QED) is 0.738. The van der Waals surface area contributed by atoms with Gasteiger partial charge in [-0.05, 0) is 49.9 Å². The highest BCUT2D eigenvalue weighted by Crippen LogP contribution is 2.28. The van der Waals surface area contributed by atoms with Gasteiger partial charge in [-0.3, -0.25) is 0 Å². The molecule has 0 unspecified atom stereocenters. The van der Waals surface area contributed by atoms with Crippen LogP contribution in [0.2, 0.25) is 15.1 Å². The first kappa shape index (κ1) is 19.7. The van der Waals surface area contributed by atoms with E-state index in [-0.39, 0.29) is 22.1 Å². The molecule has 1 aromatic carbocycles. The minimum absolute atomic E-state index is 0.000753. The molecule has 0 spiro atoms. The first-order valence-corrected chi connectivity index (χ1v) is 10.7. The molecule has 0 bridgehead atoms. The van der Waals surface area contributed by atoms with E-state index in [2.05, 4.69) is 9.71 Å². The fourth-order valence-corrected chi connectivity index (χ4v) is 5.05. The highest BCUT2D eigenvalue weighted by molar-refractivity contribution is 7.89. The van der Waals surface area contributed by atoms with Crippen molar-refractivity contribution in [3.63, 3.8) is 0 Å². The largest absolute Gasteiger partial charge is 0.474 e. The smallest absolute Gasteiger partial charge is 0.242 e. The number of aromatic nitrogens is 1. The lowest BCUT2D eigenvalue weighted by molar-refractivity contribution is 0.138. The Hall–Kier alpha value is -1.05. The average Bonchev–Trinajstić information content (AvgIpc) is 2.60. The van der Waals surface area contributed by atoms with Gasteiger partial charge >= 0.3 is 0 Å². The van der Waals surface area contributed by atoms with E-state index < -0.39 is 10.0 Å². The van der Waals surface area contributed by atoms with Gasteiger partial charge in [-0.25, -0.2) is 18.1 Å². The van der Waals surface area contributed by atoms with Gasteiger partial charge in [0.25, 0.3) is 0 Å². The summed E-state index contributed by atoms with van der Waals surface area (Å²) in [5.74, 6) is 0.518. The van der Waals surface area contributed by atoms with Gasteiger partial charge in [0, 0.05) is 23.3 Å². The summed E-state index contributed by atoms with van der Waals surface area (Å²) in [5, 5.41) is 1.02. The second-order valence-corrected chi connectivity index (χ2v) is 9.06. The Labute approximate surface area is 167 Å². The van der Waals surface area contributed by atoms with Crippen LogP contribution in [0.1, 0.15) is 25.7 Å². The van der Waals surface area contributed by atoms with Crippen molar-refractivity contribution >= 4 is 44.8 Å². The van der Waals surface area contributed by atoms with Crippen LogP contribution in [-0.4, -0.2) is 25.5 Å². The molecule has 2 aromatic rings. The lowest BCUT2D eigenvalue weighted by Crippen LogP contribution is -2.39. The Balaban J connectivity index is 1.58. The predicted octanol–water partition coefficient (Wildman–Crippen LogP) is 4.71. The second kappa shape index (κ2) is 8.31. The molecule has 5 nitrogen and oxygen atoms in total. The standard InChI is InChI=1S/C17H17Cl3N2O3S/c18-11-1-7-15(20)16(9-11)26(23,24)22-13-3-5-14(6-4-13)25-17-8-2-12(19)10-21-17/h1-2,7-10,13-14,22H,3-6H2. The van der Waals surface area contributed by atoms with Gasteiger partial charge in [-0.15, -0.1) is 0 Å². The van der Waals surface area contributed by atoms with E-state index in [0.29, 0.717) is 28.8 Å². The lowest BCUT2D eigenvalue weighted by Gasteiger charge is -2.29. The average molecular weight is 436 g/mol. The Kier molecular flexibility index (Phi) is 6.30. The minimum Gasteiger partial charge on any atom is -0.474 e. The number of ether oxygens (including phenoxy) is 1. The number of hydrogen-bond donors (Lipinski definition) is 1. The molecular formula is C17H17Cl3N2O3S. The molecule has 0 atom stereocenters. The van der Waals surface area contributed by atoms with Gasteiger partial charge < -0.3 is 4.74 Å². The Morgan fingerprint density at radius 1 is 1.00 bits per heavy atom. The lowest BCUT2D eigenvalue weighted by atomic mass is 9.94. The summed E-state index contributed by atoms with van der Waals surface area (Å²) >= 11 is 17.7. The summed E-state index contributed by atoms with van der Waals surface area (Å²) in [4.78, 5) is 4.11. The zero-order chi connectivity index (χ0) is 18.7. The van der Waals surface area contributed by atoms with Crippen LogP contribution < -0.4 is 9.46 Å². The monoisotopic (exact) mass is 434 g/mol. The van der Waals surface area contributed by atoms with E-state index in [9.17, 15) is 8.42 Å². The maximum Gasteiger partial charge on any atom is 0.242 e. The second-order valence-electron chi connectivity index (χ2n) is 6.10. The highest BCUT2D eigenvalue weighted by atomic mass is 35.5. The molecule has 1 fully saturated rings. The Morgan fingerprint density at radius 3 is 2.35 bits per heavy atom. The number of nitrogens with zero attached hydrogens (tertiary/aromatic N) is 1. The molecule has 3 rings (SSSR count). The molecule has 140 valence electrons. The summed E-state index contributed by atoms with van der Waals surface area (Å²) < 4.78 is 33.7. The fourth-order valence-electron chi connectivity index (χ4n) is 2.87. The van der Waals surface area contributed by atoms with Gasteiger partial charge in [0.1, 0.15) is 11.0 Å². The normalized spacial score (nSPS) is 20.7. The fraction of sp³-hybridized carbons (Fsp3) is 0.353. The molecule has 0 amide bonds. The topological polar surface area (TPSA) is 68.3 Å². The number of pyridine rings is 1. The highest BCUT2D eigenvalue weighted by Gasteiger charge is 2.28. The van der Waals surface area contributed by atoms with Gasteiger partial charge in [-0.1, -0.05) is 34.8 Å². The van der Waals surface area contributed by atoms with E-state index in [1.807, 2.05) is 0 Å². The van der Waals surface area contributed by atoms with E-state index >= 15 is 0 Å². The number of benzene rings is 1. The maximum absolute atomic E-state index is 12.6. The van der Waals surface area contributed by atoms with Gasteiger partial charge in [-0.2, -0.15) is 0 Å². The first-order chi connectivity index (χ1) is 12.3. The first-order valence-electron chi connectivity index (χ1n) is 8.09. The van der Waals surface area contributed by atoms with Crippen LogP contribution in [0, 0.1) is 0 Å². The predicted molar refractivity (Wildman–Crippen MR) is 103 cm³/mol. The molecule has 0 aliphatic heterocycles. The van der Waals surface area contributed by atoms with Gasteiger partial charge in [0.15, 0.2) is 0 Å². The molecule has 1 saturated carbocycles. The van der Waals surface area contributed by atoms with Crippen molar-refractivity contribution in [3.8, 4) is 5.88 Å². The van der Waals surface area contributed by atoms with E-state index in [4.69, 9.17) is 39.5 Å². The van der Waals surface area contributed by atoms with Crippen molar-refractivity contribution < 1.29 is 13.2 Å². The Morgan fingerprint density at radius 2 is 1.69 bits per heavy atom. The third kappa shape index (κ3) is 5.02. The van der Waals surface area contributed by atoms with Crippen LogP contribution in [0.5, 0.6) is 5.88 Å². The number of rotatable bonds is 5. The molecule has 1 heterocycles. The van der Waals surface area contributed by atoms with Crippen LogP contribution in [0.25, 0.3) is 0 Å². The van der Waals surface area contributed by atoms with Crippen molar-refractivity contribution in [1.82, 2.24) is 9.71 Å². The molecular weight excluding hydrogens is 419 g/mol. The van der Waals surface area contributed by atoms with Crippen LogP contribution in [0.3, 0.4) is 0 Å². The minimum atomic E-state index is -3.73. The van der Waals surface area contributed by atoms with Crippen molar-refractivity contribution in [3.05, 3.63) is 51.6 Å². The maximum atomic E-state index is 12.6. The Bertz CT molecular complexity index is 867. The van der Waals surface area contributed by atoms with Gasteiger partial charge in [0.05, 0.1) is 10.0 Å². The molecule has 9 heteroatoms. The van der Waals surface area contributed by atoms with Crippen LogP contribution >= 0.6 is 34.8 Å². The zero-order valence-electron chi connectivity index (χ0n) is 13.7. The van der Waals surface area contributed by atoms with Crippen LogP contribution in [0.4, 0.5) is 0 Å². The molecule has 0 radical (unpaired) electrons. The van der Waals surface area contributed by atoms with Crippen molar-refractivity contribution in [2.24, 2.45) is 0 Å². The zero-order valence-corrected chi connectivity index (χ0v) is 16.7. The number of hydrogen-bond acceptors (Lipinski definition) is 4. The third-order valence-electron chi connectivity index (χ3n) is 4.17. The molecule has 0 saturated heterocycles. The van der Waals surface area contributed by atoms with Crippen molar-refractivity contribution in [2.45, 2.75) is 42.7 Å². The number of sulfonamides is 1. The van der Waals surface area contributed by atoms with Crippen molar-refractivity contribution in [2.75, 3.05) is 0 Å². The summed E-state index contributed by atoms with van der Waals surface area (Å²) in [6.07, 6.45) is 4.30.